The summed E-state index contributed by atoms with van der Waals surface area (Å²) in [6, 6.07) is 6.02. The maximum atomic E-state index is 12.9. The first kappa shape index (κ1) is 15.8. The summed E-state index contributed by atoms with van der Waals surface area (Å²) in [5.74, 6) is -0.256. The van der Waals surface area contributed by atoms with Crippen LogP contribution in [0.5, 0.6) is 0 Å². The lowest BCUT2D eigenvalue weighted by atomic mass is 9.99. The zero-order chi connectivity index (χ0) is 16.6. The topological polar surface area (TPSA) is 40.6 Å². The molecular formula is C19H24N2O2. The molecule has 0 aromatic heterocycles. The van der Waals surface area contributed by atoms with Gasteiger partial charge in [0.15, 0.2) is 0 Å². The average molecular weight is 312 g/mol. The zero-order valence-corrected chi connectivity index (χ0v) is 14.2. The Morgan fingerprint density at radius 1 is 1.00 bits per heavy atom. The van der Waals surface area contributed by atoms with E-state index in [1.807, 2.05) is 32.0 Å². The molecule has 3 rings (SSSR count). The summed E-state index contributed by atoms with van der Waals surface area (Å²) in [5, 5.41) is 0. The highest BCUT2D eigenvalue weighted by molar-refractivity contribution is 6.35. The minimum absolute atomic E-state index is 0.119. The lowest BCUT2D eigenvalue weighted by molar-refractivity contribution is -0.137. The second-order valence-electron chi connectivity index (χ2n) is 6.48. The van der Waals surface area contributed by atoms with Crippen molar-refractivity contribution in [3.8, 4) is 0 Å². The Morgan fingerprint density at radius 2 is 1.70 bits per heavy atom. The van der Waals surface area contributed by atoms with Crippen molar-refractivity contribution in [2.45, 2.75) is 40.0 Å². The lowest BCUT2D eigenvalue weighted by Gasteiger charge is -2.20. The molecule has 122 valence electrons. The summed E-state index contributed by atoms with van der Waals surface area (Å²) in [6.07, 6.45) is 2.95. The van der Waals surface area contributed by atoms with Crippen LogP contribution >= 0.6 is 0 Å². The van der Waals surface area contributed by atoms with Gasteiger partial charge < -0.3 is 4.90 Å². The van der Waals surface area contributed by atoms with Gasteiger partial charge >= 0.3 is 0 Å². The van der Waals surface area contributed by atoms with Crippen molar-refractivity contribution < 1.29 is 9.59 Å². The third kappa shape index (κ3) is 2.67. The average Bonchev–Trinajstić information content (AvgIpc) is 3.12. The minimum atomic E-state index is -0.137. The van der Waals surface area contributed by atoms with E-state index >= 15 is 0 Å². The van der Waals surface area contributed by atoms with Crippen LogP contribution in [0.3, 0.4) is 0 Å². The van der Waals surface area contributed by atoms with Crippen molar-refractivity contribution >= 4 is 17.4 Å². The molecule has 0 N–H and O–H groups in total. The van der Waals surface area contributed by atoms with Crippen molar-refractivity contribution in [1.82, 2.24) is 9.80 Å². The molecule has 4 heteroatoms. The number of hydrogen-bond acceptors (Lipinski definition) is 3. The fourth-order valence-corrected chi connectivity index (χ4v) is 3.38. The SMILES string of the molecule is CCCN1C(=O)C(c2ccc(C)c(C)c2)=C(N2CCCC2)C1=O. The molecule has 0 aliphatic carbocycles. The first-order chi connectivity index (χ1) is 11.0. The molecule has 1 saturated heterocycles. The molecule has 2 aliphatic heterocycles. The van der Waals surface area contributed by atoms with Gasteiger partial charge in [0.25, 0.3) is 11.8 Å². The molecule has 23 heavy (non-hydrogen) atoms. The van der Waals surface area contributed by atoms with Crippen molar-refractivity contribution in [3.05, 3.63) is 40.6 Å². The second kappa shape index (κ2) is 6.19. The Labute approximate surface area is 137 Å². The van der Waals surface area contributed by atoms with Crippen molar-refractivity contribution in [2.75, 3.05) is 19.6 Å². The number of imide groups is 1. The highest BCUT2D eigenvalue weighted by Gasteiger charge is 2.41. The van der Waals surface area contributed by atoms with E-state index < -0.39 is 0 Å². The third-order valence-electron chi connectivity index (χ3n) is 4.81. The number of nitrogens with zero attached hydrogens (tertiary/aromatic N) is 2. The van der Waals surface area contributed by atoms with Crippen LogP contribution in [0, 0.1) is 13.8 Å². The van der Waals surface area contributed by atoms with Gasteiger partial charge in [0.1, 0.15) is 5.70 Å². The molecule has 1 aromatic carbocycles. The van der Waals surface area contributed by atoms with Crippen LogP contribution in [0.25, 0.3) is 5.57 Å². The van der Waals surface area contributed by atoms with Gasteiger partial charge in [0.05, 0.1) is 5.57 Å². The van der Waals surface area contributed by atoms with Crippen molar-refractivity contribution in [1.29, 1.82) is 0 Å². The zero-order valence-electron chi connectivity index (χ0n) is 14.2. The Morgan fingerprint density at radius 3 is 2.30 bits per heavy atom. The quantitative estimate of drug-likeness (QED) is 0.803. The summed E-state index contributed by atoms with van der Waals surface area (Å²) >= 11 is 0. The van der Waals surface area contributed by atoms with Crippen LogP contribution in [0.15, 0.2) is 23.9 Å². The first-order valence-corrected chi connectivity index (χ1v) is 8.47. The van der Waals surface area contributed by atoms with E-state index in [1.165, 1.54) is 10.5 Å². The fraction of sp³-hybridized carbons (Fsp3) is 0.474. The highest BCUT2D eigenvalue weighted by Crippen LogP contribution is 2.34. The summed E-state index contributed by atoms with van der Waals surface area (Å²) < 4.78 is 0. The van der Waals surface area contributed by atoms with Crippen LogP contribution in [-0.2, 0) is 9.59 Å². The third-order valence-corrected chi connectivity index (χ3v) is 4.81. The van der Waals surface area contributed by atoms with Crippen LogP contribution in [0.2, 0.25) is 0 Å². The normalized spacial score (nSPS) is 18.6. The largest absolute Gasteiger partial charge is 0.366 e. The molecule has 0 unspecified atom stereocenters. The summed E-state index contributed by atoms with van der Waals surface area (Å²) in [4.78, 5) is 29.2. The monoisotopic (exact) mass is 312 g/mol. The van der Waals surface area contributed by atoms with Gasteiger partial charge in [-0.2, -0.15) is 0 Å². The molecule has 4 nitrogen and oxygen atoms in total. The number of carbonyl (C=O) groups excluding carboxylic acids is 2. The van der Waals surface area contributed by atoms with Gasteiger partial charge in [-0.1, -0.05) is 25.1 Å². The number of carbonyl (C=O) groups is 2. The molecule has 0 spiro atoms. The van der Waals surface area contributed by atoms with E-state index in [0.29, 0.717) is 17.8 Å². The van der Waals surface area contributed by atoms with Gasteiger partial charge in [-0.15, -0.1) is 0 Å². The second-order valence-corrected chi connectivity index (χ2v) is 6.48. The Balaban J connectivity index is 2.11. The van der Waals surface area contributed by atoms with Crippen LogP contribution in [0.4, 0.5) is 0 Å². The van der Waals surface area contributed by atoms with Gasteiger partial charge in [0, 0.05) is 19.6 Å². The van der Waals surface area contributed by atoms with E-state index in [0.717, 1.165) is 43.5 Å². The minimum Gasteiger partial charge on any atom is -0.366 e. The van der Waals surface area contributed by atoms with Crippen molar-refractivity contribution in [3.63, 3.8) is 0 Å². The van der Waals surface area contributed by atoms with Gasteiger partial charge in [-0.25, -0.2) is 0 Å². The first-order valence-electron chi connectivity index (χ1n) is 8.47. The number of rotatable bonds is 4. The maximum absolute atomic E-state index is 12.9. The molecule has 0 atom stereocenters. The number of aryl methyl sites for hydroxylation is 2. The smallest absolute Gasteiger partial charge is 0.277 e. The summed E-state index contributed by atoms with van der Waals surface area (Å²) in [7, 11) is 0. The lowest BCUT2D eigenvalue weighted by Crippen LogP contribution is -2.35. The highest BCUT2D eigenvalue weighted by atomic mass is 16.2. The van der Waals surface area contributed by atoms with Crippen LogP contribution < -0.4 is 0 Å². The maximum Gasteiger partial charge on any atom is 0.277 e. The molecule has 0 bridgehead atoms. The van der Waals surface area contributed by atoms with Crippen LogP contribution in [-0.4, -0.2) is 41.2 Å². The van der Waals surface area contributed by atoms with Crippen LogP contribution in [0.1, 0.15) is 42.9 Å². The predicted octanol–water partition coefficient (Wildman–Crippen LogP) is 2.89. The number of likely N-dealkylation sites (tertiary alicyclic amines) is 1. The van der Waals surface area contributed by atoms with E-state index in [9.17, 15) is 9.59 Å². The Hall–Kier alpha value is -2.10. The fourth-order valence-electron chi connectivity index (χ4n) is 3.38. The predicted molar refractivity (Wildman–Crippen MR) is 90.7 cm³/mol. The van der Waals surface area contributed by atoms with Gasteiger partial charge in [0.2, 0.25) is 0 Å². The Bertz CT molecular complexity index is 685. The molecular weight excluding hydrogens is 288 g/mol. The van der Waals surface area contributed by atoms with E-state index in [1.54, 1.807) is 0 Å². The number of hydrogen-bond donors (Lipinski definition) is 0. The molecule has 1 fully saturated rings. The molecule has 1 aromatic rings. The summed E-state index contributed by atoms with van der Waals surface area (Å²) in [6.45, 7) is 8.30. The molecule has 2 aliphatic rings. The van der Waals surface area contributed by atoms with Crippen molar-refractivity contribution in [2.24, 2.45) is 0 Å². The van der Waals surface area contributed by atoms with Gasteiger partial charge in [-0.05, 0) is 49.8 Å². The molecule has 2 heterocycles. The standard InChI is InChI=1S/C19H24N2O2/c1-4-9-21-18(22)16(15-8-7-13(2)14(3)12-15)17(19(21)23)20-10-5-6-11-20/h7-8,12H,4-6,9-11H2,1-3H3. The van der Waals surface area contributed by atoms with E-state index in [-0.39, 0.29) is 11.8 Å². The number of amides is 2. The number of benzene rings is 1. The molecule has 0 radical (unpaired) electrons. The molecule has 0 saturated carbocycles. The summed E-state index contributed by atoms with van der Waals surface area (Å²) in [5.41, 5.74) is 4.41. The Kier molecular flexibility index (Phi) is 4.24. The van der Waals surface area contributed by atoms with E-state index in [4.69, 9.17) is 0 Å². The molecule has 2 amide bonds. The van der Waals surface area contributed by atoms with E-state index in [2.05, 4.69) is 11.8 Å². The van der Waals surface area contributed by atoms with Gasteiger partial charge in [-0.3, -0.25) is 14.5 Å².